The average molecular weight is 355 g/mol. The van der Waals surface area contributed by atoms with Crippen molar-refractivity contribution in [1.29, 1.82) is 0 Å². The lowest BCUT2D eigenvalue weighted by atomic mass is 9.82. The van der Waals surface area contributed by atoms with Crippen LogP contribution in [0.5, 0.6) is 0 Å². The lowest BCUT2D eigenvalue weighted by molar-refractivity contribution is 0.343. The summed E-state index contributed by atoms with van der Waals surface area (Å²) >= 11 is 0. The first-order valence-corrected chi connectivity index (χ1v) is 11.2. The largest absolute Gasteiger partial charge is 0.130 e. The van der Waals surface area contributed by atoms with Gasteiger partial charge in [-0.05, 0) is 107 Å². The van der Waals surface area contributed by atoms with E-state index in [1.54, 1.807) is 5.57 Å². The van der Waals surface area contributed by atoms with Crippen LogP contribution in [0.15, 0.2) is 41.2 Å². The number of fused-ring (bicyclic) bond motifs is 1. The molecule has 0 nitrogen and oxygen atoms in total. The fourth-order valence-electron chi connectivity index (χ4n) is 4.46. The minimum atomic E-state index is 0.496. The molecule has 0 radical (unpaired) electrons. The van der Waals surface area contributed by atoms with Gasteiger partial charge < -0.3 is 0 Å². The van der Waals surface area contributed by atoms with Crippen molar-refractivity contribution in [1.82, 2.24) is 0 Å². The summed E-state index contributed by atoms with van der Waals surface area (Å²) < 4.78 is 0. The Balaban J connectivity index is 1.62. The molecule has 146 valence electrons. The van der Waals surface area contributed by atoms with Crippen LogP contribution in [0.2, 0.25) is 0 Å². The second-order valence-electron chi connectivity index (χ2n) is 9.49. The standard InChI is InChI=1S/C26H42/c1-6-8-9-10-11-12-15-21(3)16-13-14-17-22-18-23(25-19-24(22)25)20-26(4,5)7-2/h6,9,16,18,22,24-25H,7,10-15,17,19-20H2,1-5H3. The molecule has 2 aliphatic rings. The van der Waals surface area contributed by atoms with Gasteiger partial charge >= 0.3 is 0 Å². The molecule has 0 heteroatoms. The summed E-state index contributed by atoms with van der Waals surface area (Å²) in [7, 11) is 0. The summed E-state index contributed by atoms with van der Waals surface area (Å²) in [5.74, 6) is 2.89. The molecule has 3 unspecified atom stereocenters. The molecule has 2 aliphatic carbocycles. The normalized spacial score (nSPS) is 24.7. The van der Waals surface area contributed by atoms with E-state index in [4.69, 9.17) is 0 Å². The van der Waals surface area contributed by atoms with Gasteiger partial charge in [0, 0.05) is 0 Å². The molecule has 2 rings (SSSR count). The maximum absolute atomic E-state index is 3.16. The van der Waals surface area contributed by atoms with Gasteiger partial charge in [0.15, 0.2) is 0 Å². The van der Waals surface area contributed by atoms with E-state index in [9.17, 15) is 0 Å². The summed E-state index contributed by atoms with van der Waals surface area (Å²) in [6, 6.07) is 0. The van der Waals surface area contributed by atoms with E-state index in [1.165, 1.54) is 64.2 Å². The minimum absolute atomic E-state index is 0.496. The van der Waals surface area contributed by atoms with Crippen LogP contribution in [0.4, 0.5) is 0 Å². The molecule has 0 aromatic rings. The molecular weight excluding hydrogens is 312 g/mol. The van der Waals surface area contributed by atoms with Gasteiger partial charge in [-0.15, -0.1) is 5.73 Å². The van der Waals surface area contributed by atoms with E-state index in [2.05, 4.69) is 51.7 Å². The van der Waals surface area contributed by atoms with Crippen LogP contribution in [-0.4, -0.2) is 0 Å². The molecule has 0 spiro atoms. The van der Waals surface area contributed by atoms with Crippen LogP contribution < -0.4 is 0 Å². The van der Waals surface area contributed by atoms with Gasteiger partial charge in [0.25, 0.3) is 0 Å². The SMILES string of the molecule is CC=C=CCCCCC(C)=CCCCC1C=C(CC(C)(C)CC)C2CC12. The third-order valence-corrected chi connectivity index (χ3v) is 6.62. The Morgan fingerprint density at radius 2 is 2.04 bits per heavy atom. The second-order valence-corrected chi connectivity index (χ2v) is 9.49. The molecule has 0 aromatic heterocycles. The first-order chi connectivity index (χ1) is 12.5. The Morgan fingerprint density at radius 3 is 2.77 bits per heavy atom. The Morgan fingerprint density at radius 1 is 1.23 bits per heavy atom. The third-order valence-electron chi connectivity index (χ3n) is 6.62. The van der Waals surface area contributed by atoms with Crippen LogP contribution in [-0.2, 0) is 0 Å². The maximum atomic E-state index is 3.16. The number of hydrogen-bond acceptors (Lipinski definition) is 0. The summed E-state index contributed by atoms with van der Waals surface area (Å²) in [5, 5.41) is 0. The quantitative estimate of drug-likeness (QED) is 0.187. The van der Waals surface area contributed by atoms with Gasteiger partial charge in [-0.25, -0.2) is 0 Å². The molecule has 0 bridgehead atoms. The van der Waals surface area contributed by atoms with E-state index < -0.39 is 0 Å². The predicted molar refractivity (Wildman–Crippen MR) is 116 cm³/mol. The minimum Gasteiger partial charge on any atom is -0.130 e. The third kappa shape index (κ3) is 6.96. The zero-order valence-corrected chi connectivity index (χ0v) is 18.1. The van der Waals surface area contributed by atoms with Gasteiger partial charge in [-0.3, -0.25) is 0 Å². The lowest BCUT2D eigenvalue weighted by Crippen LogP contribution is -2.10. The molecule has 1 fully saturated rings. The Kier molecular flexibility index (Phi) is 8.49. The van der Waals surface area contributed by atoms with E-state index >= 15 is 0 Å². The first-order valence-electron chi connectivity index (χ1n) is 11.2. The van der Waals surface area contributed by atoms with Crippen molar-refractivity contribution >= 4 is 0 Å². The Hall–Kier alpha value is -1.00. The molecule has 3 atom stereocenters. The predicted octanol–water partition coefficient (Wildman–Crippen LogP) is 8.41. The molecule has 1 saturated carbocycles. The second kappa shape index (κ2) is 10.4. The highest BCUT2D eigenvalue weighted by molar-refractivity contribution is 5.27. The van der Waals surface area contributed by atoms with E-state index in [0.717, 1.165) is 17.8 Å². The highest BCUT2D eigenvalue weighted by atomic mass is 14.5. The van der Waals surface area contributed by atoms with Crippen LogP contribution >= 0.6 is 0 Å². The monoisotopic (exact) mass is 354 g/mol. The Labute approximate surface area is 163 Å². The van der Waals surface area contributed by atoms with Crippen molar-refractivity contribution in [2.75, 3.05) is 0 Å². The fourth-order valence-corrected chi connectivity index (χ4v) is 4.46. The molecular formula is C26H42. The number of unbranched alkanes of at least 4 members (excludes halogenated alkanes) is 3. The molecule has 0 aliphatic heterocycles. The molecule has 0 heterocycles. The number of rotatable bonds is 12. The molecule has 0 N–H and O–H groups in total. The van der Waals surface area contributed by atoms with E-state index in [-0.39, 0.29) is 0 Å². The zero-order valence-electron chi connectivity index (χ0n) is 18.1. The maximum Gasteiger partial charge on any atom is -0.0166 e. The van der Waals surface area contributed by atoms with Gasteiger partial charge in [0.1, 0.15) is 0 Å². The number of allylic oxidation sites excluding steroid dienone is 5. The fraction of sp³-hybridized carbons (Fsp3) is 0.731. The average Bonchev–Trinajstić information content (AvgIpc) is 3.34. The van der Waals surface area contributed by atoms with Gasteiger partial charge in [-0.2, -0.15) is 0 Å². The summed E-state index contributed by atoms with van der Waals surface area (Å²) in [5.41, 5.74) is 7.06. The zero-order chi connectivity index (χ0) is 19.0. The summed E-state index contributed by atoms with van der Waals surface area (Å²) in [4.78, 5) is 0. The smallest absolute Gasteiger partial charge is 0.0166 e. The van der Waals surface area contributed by atoms with Crippen molar-refractivity contribution in [3.63, 3.8) is 0 Å². The molecule has 26 heavy (non-hydrogen) atoms. The van der Waals surface area contributed by atoms with Crippen LogP contribution in [0.25, 0.3) is 0 Å². The summed E-state index contributed by atoms with van der Waals surface area (Å²) in [6.07, 6.45) is 22.6. The van der Waals surface area contributed by atoms with Gasteiger partial charge in [0.05, 0.1) is 0 Å². The van der Waals surface area contributed by atoms with Crippen molar-refractivity contribution < 1.29 is 0 Å². The molecule has 0 saturated heterocycles. The molecule has 0 amide bonds. The summed E-state index contributed by atoms with van der Waals surface area (Å²) in [6.45, 7) is 11.6. The van der Waals surface area contributed by atoms with E-state index in [0.29, 0.717) is 5.41 Å². The van der Waals surface area contributed by atoms with Crippen molar-refractivity contribution in [2.45, 2.75) is 98.8 Å². The van der Waals surface area contributed by atoms with Crippen molar-refractivity contribution in [3.05, 3.63) is 41.2 Å². The highest BCUT2D eigenvalue weighted by Gasteiger charge is 2.49. The van der Waals surface area contributed by atoms with E-state index in [1.807, 2.05) is 18.6 Å². The van der Waals surface area contributed by atoms with Crippen LogP contribution in [0.3, 0.4) is 0 Å². The first kappa shape index (κ1) is 21.3. The number of hydrogen-bond donors (Lipinski definition) is 0. The Bertz CT molecular complexity index is 551. The van der Waals surface area contributed by atoms with Crippen LogP contribution in [0.1, 0.15) is 98.8 Å². The topological polar surface area (TPSA) is 0 Å². The van der Waals surface area contributed by atoms with Gasteiger partial charge in [0.2, 0.25) is 0 Å². The highest BCUT2D eigenvalue weighted by Crippen LogP contribution is 2.58. The van der Waals surface area contributed by atoms with Crippen molar-refractivity contribution in [2.24, 2.45) is 23.2 Å². The van der Waals surface area contributed by atoms with Crippen molar-refractivity contribution in [3.8, 4) is 0 Å². The van der Waals surface area contributed by atoms with Crippen LogP contribution in [0, 0.1) is 23.2 Å². The van der Waals surface area contributed by atoms with Gasteiger partial charge in [-0.1, -0.05) is 50.5 Å². The molecule has 0 aromatic carbocycles. The lowest BCUT2D eigenvalue weighted by Gasteiger charge is -2.23.